The molecule has 1 aliphatic heterocycles. The van der Waals surface area contributed by atoms with E-state index in [2.05, 4.69) is 31.9 Å². The smallest absolute Gasteiger partial charge is 0.128 e. The van der Waals surface area contributed by atoms with Crippen LogP contribution in [0.2, 0.25) is 0 Å². The van der Waals surface area contributed by atoms with Crippen LogP contribution in [-0.2, 0) is 0 Å². The van der Waals surface area contributed by atoms with Gasteiger partial charge in [-0.15, -0.1) is 0 Å². The SMILES string of the molecule is Cc1cccc(N2CCN(c3ccc(N)cn3)CC2)n1. The molecule has 5 nitrogen and oxygen atoms in total. The normalized spacial score (nSPS) is 15.4. The number of rotatable bonds is 2. The first-order chi connectivity index (χ1) is 9.72. The lowest BCUT2D eigenvalue weighted by atomic mass is 10.3. The van der Waals surface area contributed by atoms with Crippen molar-refractivity contribution in [2.24, 2.45) is 0 Å². The average molecular weight is 269 g/mol. The third-order valence-electron chi connectivity index (χ3n) is 3.57. The van der Waals surface area contributed by atoms with Gasteiger partial charge in [0, 0.05) is 31.9 Å². The second-order valence-corrected chi connectivity index (χ2v) is 5.06. The van der Waals surface area contributed by atoms with E-state index in [9.17, 15) is 0 Å². The molecule has 0 atom stereocenters. The van der Waals surface area contributed by atoms with E-state index in [1.807, 2.05) is 25.1 Å². The van der Waals surface area contributed by atoms with Gasteiger partial charge in [0.25, 0.3) is 0 Å². The molecule has 3 heterocycles. The summed E-state index contributed by atoms with van der Waals surface area (Å²) in [5.74, 6) is 2.06. The molecule has 0 saturated carbocycles. The lowest BCUT2D eigenvalue weighted by molar-refractivity contribution is 0.641. The first kappa shape index (κ1) is 12.7. The highest BCUT2D eigenvalue weighted by Gasteiger charge is 2.18. The molecule has 3 rings (SSSR count). The van der Waals surface area contributed by atoms with Crippen molar-refractivity contribution in [3.8, 4) is 0 Å². The molecule has 1 fully saturated rings. The Kier molecular flexibility index (Phi) is 3.41. The van der Waals surface area contributed by atoms with Crippen LogP contribution in [0.3, 0.4) is 0 Å². The van der Waals surface area contributed by atoms with Gasteiger partial charge < -0.3 is 15.5 Å². The molecule has 0 amide bonds. The van der Waals surface area contributed by atoms with Crippen LogP contribution in [0.4, 0.5) is 17.3 Å². The Bertz CT molecular complexity index is 573. The summed E-state index contributed by atoms with van der Waals surface area (Å²) in [6, 6.07) is 10.0. The van der Waals surface area contributed by atoms with Crippen LogP contribution >= 0.6 is 0 Å². The van der Waals surface area contributed by atoms with Gasteiger partial charge in [0.15, 0.2) is 0 Å². The molecule has 5 heteroatoms. The quantitative estimate of drug-likeness (QED) is 0.899. The number of pyridine rings is 2. The molecule has 0 bridgehead atoms. The molecule has 1 saturated heterocycles. The van der Waals surface area contributed by atoms with Crippen LogP contribution in [0.5, 0.6) is 0 Å². The lowest BCUT2D eigenvalue weighted by Gasteiger charge is -2.36. The van der Waals surface area contributed by atoms with Crippen molar-refractivity contribution in [2.75, 3.05) is 41.7 Å². The second kappa shape index (κ2) is 5.36. The zero-order chi connectivity index (χ0) is 13.9. The standard InChI is InChI=1S/C15H19N5/c1-12-3-2-4-15(18-12)20-9-7-19(8-10-20)14-6-5-13(16)11-17-14/h2-6,11H,7-10,16H2,1H3. The minimum atomic E-state index is 0.705. The number of anilines is 3. The van der Waals surface area contributed by atoms with E-state index in [4.69, 9.17) is 5.73 Å². The number of hydrogen-bond donors (Lipinski definition) is 1. The summed E-state index contributed by atoms with van der Waals surface area (Å²) in [6.07, 6.45) is 1.71. The van der Waals surface area contributed by atoms with Gasteiger partial charge in [0.05, 0.1) is 11.9 Å². The lowest BCUT2D eigenvalue weighted by Crippen LogP contribution is -2.47. The number of nitrogen functional groups attached to an aromatic ring is 1. The Balaban J connectivity index is 1.66. The van der Waals surface area contributed by atoms with E-state index in [0.29, 0.717) is 5.69 Å². The first-order valence-corrected chi connectivity index (χ1v) is 6.87. The van der Waals surface area contributed by atoms with Gasteiger partial charge in [-0.05, 0) is 31.2 Å². The minimum absolute atomic E-state index is 0.705. The monoisotopic (exact) mass is 269 g/mol. The van der Waals surface area contributed by atoms with E-state index in [-0.39, 0.29) is 0 Å². The largest absolute Gasteiger partial charge is 0.397 e. The molecule has 104 valence electrons. The highest BCUT2D eigenvalue weighted by molar-refractivity contribution is 5.48. The molecule has 0 aromatic carbocycles. The van der Waals surface area contributed by atoms with Crippen LogP contribution in [0, 0.1) is 6.92 Å². The number of aryl methyl sites for hydroxylation is 1. The third-order valence-corrected chi connectivity index (χ3v) is 3.57. The van der Waals surface area contributed by atoms with Crippen LogP contribution in [0.1, 0.15) is 5.69 Å². The Morgan fingerprint density at radius 1 is 0.950 bits per heavy atom. The highest BCUT2D eigenvalue weighted by Crippen LogP contribution is 2.18. The van der Waals surface area contributed by atoms with Gasteiger partial charge in [0.2, 0.25) is 0 Å². The third kappa shape index (κ3) is 2.66. The molecule has 2 aromatic heterocycles. The van der Waals surface area contributed by atoms with E-state index in [0.717, 1.165) is 43.5 Å². The van der Waals surface area contributed by atoms with Gasteiger partial charge in [-0.25, -0.2) is 9.97 Å². The molecular weight excluding hydrogens is 250 g/mol. The summed E-state index contributed by atoms with van der Waals surface area (Å²) >= 11 is 0. The van der Waals surface area contributed by atoms with E-state index < -0.39 is 0 Å². The number of nitrogens with two attached hydrogens (primary N) is 1. The number of piperazine rings is 1. The number of nitrogens with zero attached hydrogens (tertiary/aromatic N) is 4. The van der Waals surface area contributed by atoms with Crippen molar-refractivity contribution in [2.45, 2.75) is 6.92 Å². The van der Waals surface area contributed by atoms with Gasteiger partial charge in [-0.3, -0.25) is 0 Å². The van der Waals surface area contributed by atoms with Crippen molar-refractivity contribution < 1.29 is 0 Å². The molecule has 20 heavy (non-hydrogen) atoms. The summed E-state index contributed by atoms with van der Waals surface area (Å²) in [5.41, 5.74) is 7.44. The Labute approximate surface area is 119 Å². The molecule has 2 aromatic rings. The molecule has 2 N–H and O–H groups in total. The van der Waals surface area contributed by atoms with E-state index >= 15 is 0 Å². The fourth-order valence-electron chi connectivity index (χ4n) is 2.45. The van der Waals surface area contributed by atoms with Crippen molar-refractivity contribution in [3.05, 3.63) is 42.2 Å². The van der Waals surface area contributed by atoms with Gasteiger partial charge in [0.1, 0.15) is 11.6 Å². The predicted molar refractivity (Wildman–Crippen MR) is 82.0 cm³/mol. The topological polar surface area (TPSA) is 58.3 Å². The summed E-state index contributed by atoms with van der Waals surface area (Å²) in [7, 11) is 0. The Morgan fingerprint density at radius 3 is 2.25 bits per heavy atom. The summed E-state index contributed by atoms with van der Waals surface area (Å²) < 4.78 is 0. The van der Waals surface area contributed by atoms with Crippen LogP contribution < -0.4 is 15.5 Å². The van der Waals surface area contributed by atoms with Crippen molar-refractivity contribution in [1.29, 1.82) is 0 Å². The maximum Gasteiger partial charge on any atom is 0.128 e. The van der Waals surface area contributed by atoms with Gasteiger partial charge in [-0.1, -0.05) is 6.07 Å². The molecule has 0 radical (unpaired) electrons. The predicted octanol–water partition coefficient (Wildman–Crippen LogP) is 1.69. The number of hydrogen-bond acceptors (Lipinski definition) is 5. The van der Waals surface area contributed by atoms with E-state index in [1.165, 1.54) is 0 Å². The van der Waals surface area contributed by atoms with Crippen LogP contribution in [0.15, 0.2) is 36.5 Å². The molecule has 0 unspecified atom stereocenters. The minimum Gasteiger partial charge on any atom is -0.397 e. The molecule has 0 spiro atoms. The zero-order valence-electron chi connectivity index (χ0n) is 11.7. The summed E-state index contributed by atoms with van der Waals surface area (Å²) in [4.78, 5) is 13.6. The highest BCUT2D eigenvalue weighted by atomic mass is 15.3. The molecule has 0 aliphatic carbocycles. The second-order valence-electron chi connectivity index (χ2n) is 5.06. The number of aromatic nitrogens is 2. The van der Waals surface area contributed by atoms with E-state index in [1.54, 1.807) is 6.20 Å². The van der Waals surface area contributed by atoms with Crippen LogP contribution in [-0.4, -0.2) is 36.1 Å². The Morgan fingerprint density at radius 2 is 1.65 bits per heavy atom. The van der Waals surface area contributed by atoms with Crippen molar-refractivity contribution in [3.63, 3.8) is 0 Å². The Hall–Kier alpha value is -2.30. The maximum atomic E-state index is 5.67. The first-order valence-electron chi connectivity index (χ1n) is 6.87. The molecule has 1 aliphatic rings. The van der Waals surface area contributed by atoms with Crippen molar-refractivity contribution >= 4 is 17.3 Å². The maximum absolute atomic E-state index is 5.67. The molecular formula is C15H19N5. The van der Waals surface area contributed by atoms with Crippen LogP contribution in [0.25, 0.3) is 0 Å². The fraction of sp³-hybridized carbons (Fsp3) is 0.333. The summed E-state index contributed by atoms with van der Waals surface area (Å²) in [6.45, 7) is 5.85. The van der Waals surface area contributed by atoms with Crippen molar-refractivity contribution in [1.82, 2.24) is 9.97 Å². The zero-order valence-corrected chi connectivity index (χ0v) is 11.7. The average Bonchev–Trinajstić information content (AvgIpc) is 2.48. The fourth-order valence-corrected chi connectivity index (χ4v) is 2.45. The van der Waals surface area contributed by atoms with Gasteiger partial charge in [-0.2, -0.15) is 0 Å². The van der Waals surface area contributed by atoms with Gasteiger partial charge >= 0.3 is 0 Å². The summed E-state index contributed by atoms with van der Waals surface area (Å²) in [5, 5.41) is 0.